The molecule has 0 saturated carbocycles. The highest BCUT2D eigenvalue weighted by Gasteiger charge is 2.17. The van der Waals surface area contributed by atoms with E-state index in [2.05, 4.69) is 15.4 Å². The first-order valence-corrected chi connectivity index (χ1v) is 8.48. The molecule has 0 aliphatic rings. The van der Waals surface area contributed by atoms with Crippen molar-refractivity contribution in [3.63, 3.8) is 0 Å². The van der Waals surface area contributed by atoms with Gasteiger partial charge in [0.25, 0.3) is 5.91 Å². The molecule has 0 atom stereocenters. The van der Waals surface area contributed by atoms with E-state index in [4.69, 9.17) is 0 Å². The minimum atomic E-state index is -0.145. The first kappa shape index (κ1) is 15.6. The van der Waals surface area contributed by atoms with Gasteiger partial charge >= 0.3 is 0 Å². The number of thioether (sulfide) groups is 1. The van der Waals surface area contributed by atoms with Crippen LogP contribution in [0.1, 0.15) is 21.7 Å². The quantitative estimate of drug-likeness (QED) is 0.748. The van der Waals surface area contributed by atoms with Crippen molar-refractivity contribution in [2.75, 3.05) is 11.6 Å². The second-order valence-electron chi connectivity index (χ2n) is 5.40. The van der Waals surface area contributed by atoms with Crippen molar-refractivity contribution in [2.24, 2.45) is 7.05 Å². The van der Waals surface area contributed by atoms with Gasteiger partial charge in [-0.2, -0.15) is 5.10 Å². The zero-order chi connectivity index (χ0) is 16.6. The number of anilines is 1. The average Bonchev–Trinajstić information content (AvgIpc) is 2.81. The maximum absolute atomic E-state index is 12.7. The maximum Gasteiger partial charge on any atom is 0.256 e. The number of nitrogens with one attached hydrogen (secondary N) is 1. The summed E-state index contributed by atoms with van der Waals surface area (Å²) in [5, 5.41) is 8.13. The molecule has 0 saturated heterocycles. The van der Waals surface area contributed by atoms with Gasteiger partial charge in [-0.15, -0.1) is 11.8 Å². The molecule has 118 valence electrons. The molecule has 5 nitrogen and oxygen atoms in total. The molecule has 0 aliphatic heterocycles. The van der Waals surface area contributed by atoms with Crippen LogP contribution in [0, 0.1) is 13.8 Å². The van der Waals surface area contributed by atoms with Gasteiger partial charge in [0, 0.05) is 23.3 Å². The lowest BCUT2D eigenvalue weighted by molar-refractivity contribution is 0.102. The predicted octanol–water partition coefficient (Wildman–Crippen LogP) is 3.56. The first-order chi connectivity index (χ1) is 11.0. The number of fused-ring (bicyclic) bond motifs is 1. The van der Waals surface area contributed by atoms with Crippen molar-refractivity contribution < 1.29 is 4.79 Å². The van der Waals surface area contributed by atoms with E-state index in [1.165, 1.54) is 0 Å². The number of amides is 1. The van der Waals surface area contributed by atoms with E-state index in [1.807, 2.05) is 57.5 Å². The van der Waals surface area contributed by atoms with Gasteiger partial charge < -0.3 is 5.32 Å². The number of rotatable bonds is 3. The van der Waals surface area contributed by atoms with Crippen LogP contribution in [-0.4, -0.2) is 26.9 Å². The summed E-state index contributed by atoms with van der Waals surface area (Å²) < 4.78 is 1.71. The third-order valence-corrected chi connectivity index (χ3v) is 4.43. The normalized spacial score (nSPS) is 11.0. The molecule has 0 spiro atoms. The largest absolute Gasteiger partial charge is 0.322 e. The number of benzene rings is 1. The Bertz CT molecular complexity index is 884. The molecular formula is C17H18N4OS. The predicted molar refractivity (Wildman–Crippen MR) is 94.2 cm³/mol. The van der Waals surface area contributed by atoms with Crippen molar-refractivity contribution in [2.45, 2.75) is 18.7 Å². The summed E-state index contributed by atoms with van der Waals surface area (Å²) in [7, 11) is 1.84. The summed E-state index contributed by atoms with van der Waals surface area (Å²) in [6.45, 7) is 3.77. The number of pyridine rings is 1. The van der Waals surface area contributed by atoms with Crippen LogP contribution in [-0.2, 0) is 7.05 Å². The van der Waals surface area contributed by atoms with Gasteiger partial charge in [-0.3, -0.25) is 9.48 Å². The summed E-state index contributed by atoms with van der Waals surface area (Å²) in [6, 6.07) is 9.60. The van der Waals surface area contributed by atoms with E-state index >= 15 is 0 Å². The first-order valence-electron chi connectivity index (χ1n) is 7.26. The summed E-state index contributed by atoms with van der Waals surface area (Å²) >= 11 is 1.67. The van der Waals surface area contributed by atoms with Gasteiger partial charge in [0.1, 0.15) is 0 Å². The standard InChI is InChI=1S/C17H18N4OS/c1-10-9-14(15-11(2)20-21(3)16(15)18-10)17(22)19-12-5-7-13(23-4)8-6-12/h5-9H,1-4H3,(H,19,22). The highest BCUT2D eigenvalue weighted by atomic mass is 32.2. The molecule has 0 radical (unpaired) electrons. The van der Waals surface area contributed by atoms with Crippen molar-refractivity contribution in [1.29, 1.82) is 0 Å². The fourth-order valence-corrected chi connectivity index (χ4v) is 3.03. The van der Waals surface area contributed by atoms with Crippen LogP contribution in [0.25, 0.3) is 11.0 Å². The van der Waals surface area contributed by atoms with Gasteiger partial charge in [0.2, 0.25) is 0 Å². The number of aryl methyl sites for hydroxylation is 3. The maximum atomic E-state index is 12.7. The van der Waals surface area contributed by atoms with Crippen LogP contribution >= 0.6 is 11.8 Å². The van der Waals surface area contributed by atoms with E-state index < -0.39 is 0 Å². The van der Waals surface area contributed by atoms with Crippen LogP contribution in [0.5, 0.6) is 0 Å². The van der Waals surface area contributed by atoms with Crippen molar-refractivity contribution in [3.8, 4) is 0 Å². The molecule has 1 amide bonds. The molecule has 2 heterocycles. The van der Waals surface area contributed by atoms with E-state index in [-0.39, 0.29) is 5.91 Å². The van der Waals surface area contributed by atoms with E-state index in [0.717, 1.165) is 33.0 Å². The summed E-state index contributed by atoms with van der Waals surface area (Å²) in [4.78, 5) is 18.4. The lowest BCUT2D eigenvalue weighted by Gasteiger charge is -2.08. The zero-order valence-corrected chi connectivity index (χ0v) is 14.4. The Labute approximate surface area is 139 Å². The summed E-state index contributed by atoms with van der Waals surface area (Å²) in [6.07, 6.45) is 2.02. The Balaban J connectivity index is 2.00. The summed E-state index contributed by atoms with van der Waals surface area (Å²) in [5.41, 5.74) is 3.70. The molecule has 0 aliphatic carbocycles. The van der Waals surface area contributed by atoms with Crippen molar-refractivity contribution >= 4 is 34.4 Å². The molecule has 23 heavy (non-hydrogen) atoms. The van der Waals surface area contributed by atoms with Crippen LogP contribution < -0.4 is 5.32 Å². The van der Waals surface area contributed by atoms with Crippen LogP contribution in [0.4, 0.5) is 5.69 Å². The van der Waals surface area contributed by atoms with E-state index in [9.17, 15) is 4.79 Å². The number of hydrogen-bond acceptors (Lipinski definition) is 4. The second kappa shape index (κ2) is 6.04. The lowest BCUT2D eigenvalue weighted by atomic mass is 10.1. The second-order valence-corrected chi connectivity index (χ2v) is 6.28. The number of hydrogen-bond donors (Lipinski definition) is 1. The minimum Gasteiger partial charge on any atom is -0.322 e. The Hall–Kier alpha value is -2.34. The number of carbonyl (C=O) groups excluding carboxylic acids is 1. The Kier molecular flexibility index (Phi) is 4.09. The Morgan fingerprint density at radius 1 is 1.22 bits per heavy atom. The highest BCUT2D eigenvalue weighted by molar-refractivity contribution is 7.98. The topological polar surface area (TPSA) is 59.8 Å². The highest BCUT2D eigenvalue weighted by Crippen LogP contribution is 2.23. The molecule has 0 bridgehead atoms. The lowest BCUT2D eigenvalue weighted by Crippen LogP contribution is -2.13. The van der Waals surface area contributed by atoms with Crippen LogP contribution in [0.15, 0.2) is 35.2 Å². The smallest absolute Gasteiger partial charge is 0.256 e. The van der Waals surface area contributed by atoms with Gasteiger partial charge in [-0.25, -0.2) is 4.98 Å². The monoisotopic (exact) mass is 326 g/mol. The zero-order valence-electron chi connectivity index (χ0n) is 13.5. The SMILES string of the molecule is CSc1ccc(NC(=O)c2cc(C)nc3c2c(C)nn3C)cc1. The molecule has 2 aromatic heterocycles. The van der Waals surface area contributed by atoms with Crippen LogP contribution in [0.2, 0.25) is 0 Å². The third-order valence-electron chi connectivity index (χ3n) is 3.69. The molecule has 1 N–H and O–H groups in total. The Morgan fingerprint density at radius 2 is 1.91 bits per heavy atom. The van der Waals surface area contributed by atoms with Crippen molar-refractivity contribution in [3.05, 3.63) is 47.3 Å². The van der Waals surface area contributed by atoms with Gasteiger partial charge in [-0.05, 0) is 50.4 Å². The number of nitrogens with zero attached hydrogens (tertiary/aromatic N) is 3. The summed E-state index contributed by atoms with van der Waals surface area (Å²) in [5.74, 6) is -0.145. The minimum absolute atomic E-state index is 0.145. The van der Waals surface area contributed by atoms with Gasteiger partial charge in [-0.1, -0.05) is 0 Å². The fourth-order valence-electron chi connectivity index (χ4n) is 2.62. The number of aromatic nitrogens is 3. The molecule has 3 aromatic rings. The van der Waals surface area contributed by atoms with Crippen LogP contribution in [0.3, 0.4) is 0 Å². The van der Waals surface area contributed by atoms with Gasteiger partial charge in [0.05, 0.1) is 16.6 Å². The van der Waals surface area contributed by atoms with Gasteiger partial charge in [0.15, 0.2) is 5.65 Å². The molecular weight excluding hydrogens is 308 g/mol. The average molecular weight is 326 g/mol. The van der Waals surface area contributed by atoms with E-state index in [1.54, 1.807) is 16.4 Å². The molecule has 0 unspecified atom stereocenters. The Morgan fingerprint density at radius 3 is 2.57 bits per heavy atom. The van der Waals surface area contributed by atoms with E-state index in [0.29, 0.717) is 5.56 Å². The molecule has 0 fully saturated rings. The van der Waals surface area contributed by atoms with Crippen molar-refractivity contribution in [1.82, 2.24) is 14.8 Å². The molecule has 6 heteroatoms. The number of carbonyl (C=O) groups is 1. The fraction of sp³-hybridized carbons (Fsp3) is 0.235. The third kappa shape index (κ3) is 2.94. The molecule has 1 aromatic carbocycles. The molecule has 3 rings (SSSR count).